The molecular formula is C17H23FN2O5. The van der Waals surface area contributed by atoms with Crippen LogP contribution in [0.4, 0.5) is 9.18 Å². The second-order valence-electron chi connectivity index (χ2n) is 6.02. The number of ether oxygens (including phenoxy) is 1. The molecule has 2 rings (SSSR count). The van der Waals surface area contributed by atoms with Crippen LogP contribution in [-0.4, -0.2) is 70.5 Å². The van der Waals surface area contributed by atoms with Crippen molar-refractivity contribution in [1.29, 1.82) is 0 Å². The van der Waals surface area contributed by atoms with Gasteiger partial charge in [0.05, 0.1) is 19.3 Å². The highest BCUT2D eigenvalue weighted by Gasteiger charge is 2.41. The minimum atomic E-state index is -1.07. The first-order valence-electron chi connectivity index (χ1n) is 8.17. The number of esters is 1. The van der Waals surface area contributed by atoms with E-state index in [2.05, 4.69) is 0 Å². The molecule has 1 aliphatic rings. The van der Waals surface area contributed by atoms with Crippen molar-refractivity contribution in [2.75, 3.05) is 26.3 Å². The number of nitrogens with zero attached hydrogens (tertiary/aromatic N) is 2. The van der Waals surface area contributed by atoms with Gasteiger partial charge in [-0.2, -0.15) is 0 Å². The Kier molecular flexibility index (Phi) is 6.33. The van der Waals surface area contributed by atoms with Gasteiger partial charge in [0.25, 0.3) is 0 Å². The highest BCUT2D eigenvalue weighted by molar-refractivity contribution is 5.78. The molecule has 1 fully saturated rings. The third-order valence-electron chi connectivity index (χ3n) is 4.37. The second-order valence-corrected chi connectivity index (χ2v) is 6.02. The molecule has 1 unspecified atom stereocenters. The van der Waals surface area contributed by atoms with Crippen LogP contribution in [0.15, 0.2) is 24.3 Å². The van der Waals surface area contributed by atoms with E-state index >= 15 is 0 Å². The summed E-state index contributed by atoms with van der Waals surface area (Å²) in [7, 11) is 0. The van der Waals surface area contributed by atoms with Crippen LogP contribution in [0.25, 0.3) is 0 Å². The lowest BCUT2D eigenvalue weighted by atomic mass is 9.99. The molecule has 138 valence electrons. The summed E-state index contributed by atoms with van der Waals surface area (Å²) in [6.07, 6.45) is -1.07. The molecule has 3 atom stereocenters. The van der Waals surface area contributed by atoms with Crippen LogP contribution >= 0.6 is 0 Å². The van der Waals surface area contributed by atoms with Crippen molar-refractivity contribution in [3.63, 3.8) is 0 Å². The molecule has 1 heterocycles. The fourth-order valence-electron chi connectivity index (χ4n) is 3.14. The third-order valence-corrected chi connectivity index (χ3v) is 4.37. The molecule has 8 heteroatoms. The first kappa shape index (κ1) is 19.1. The Morgan fingerprint density at radius 3 is 2.48 bits per heavy atom. The molecule has 2 N–H and O–H groups in total. The van der Waals surface area contributed by atoms with Gasteiger partial charge in [-0.3, -0.25) is 4.90 Å². The van der Waals surface area contributed by atoms with Crippen LogP contribution in [0, 0.1) is 5.82 Å². The normalized spacial score (nSPS) is 22.5. The maximum atomic E-state index is 13.2. The van der Waals surface area contributed by atoms with Gasteiger partial charge in [0.2, 0.25) is 0 Å². The Morgan fingerprint density at radius 2 is 1.96 bits per heavy atom. The van der Waals surface area contributed by atoms with Crippen LogP contribution < -0.4 is 0 Å². The lowest BCUT2D eigenvalue weighted by Gasteiger charge is -2.46. The SMILES string of the molecule is CCOC(=O)C(c1ccc(F)cc1)N1C[C@H](C)N(C(=O)O)C[C@H]1CO. The average molecular weight is 354 g/mol. The lowest BCUT2D eigenvalue weighted by Crippen LogP contribution is -2.61. The van der Waals surface area contributed by atoms with Crippen molar-refractivity contribution >= 4 is 12.1 Å². The number of aliphatic hydroxyl groups excluding tert-OH is 1. The average Bonchev–Trinajstić information content (AvgIpc) is 2.57. The molecule has 1 aliphatic heterocycles. The highest BCUT2D eigenvalue weighted by atomic mass is 19.1. The highest BCUT2D eigenvalue weighted by Crippen LogP contribution is 2.29. The number of aliphatic hydroxyl groups is 1. The quantitative estimate of drug-likeness (QED) is 0.779. The number of benzene rings is 1. The molecule has 0 bridgehead atoms. The van der Waals surface area contributed by atoms with Gasteiger partial charge in [0.15, 0.2) is 0 Å². The second kappa shape index (κ2) is 8.26. The van der Waals surface area contributed by atoms with Gasteiger partial charge in [0.1, 0.15) is 11.9 Å². The topological polar surface area (TPSA) is 90.3 Å². The summed E-state index contributed by atoms with van der Waals surface area (Å²) < 4.78 is 18.4. The number of carbonyl (C=O) groups is 2. The molecule has 1 saturated heterocycles. The van der Waals surface area contributed by atoms with E-state index in [4.69, 9.17) is 4.74 Å². The zero-order valence-corrected chi connectivity index (χ0v) is 14.3. The van der Waals surface area contributed by atoms with E-state index in [1.54, 1.807) is 18.7 Å². The summed E-state index contributed by atoms with van der Waals surface area (Å²) >= 11 is 0. The number of rotatable bonds is 5. The lowest BCUT2D eigenvalue weighted by molar-refractivity contribution is -0.153. The first-order valence-corrected chi connectivity index (χ1v) is 8.17. The van der Waals surface area contributed by atoms with E-state index in [1.807, 2.05) is 0 Å². The van der Waals surface area contributed by atoms with Gasteiger partial charge in [-0.15, -0.1) is 0 Å². The van der Waals surface area contributed by atoms with Crippen LogP contribution in [-0.2, 0) is 9.53 Å². The summed E-state index contributed by atoms with van der Waals surface area (Å²) in [6, 6.07) is 3.75. The molecule has 1 amide bonds. The molecule has 0 radical (unpaired) electrons. The maximum absolute atomic E-state index is 13.2. The van der Waals surface area contributed by atoms with E-state index in [0.717, 1.165) is 0 Å². The standard InChI is InChI=1S/C17H23FN2O5/c1-3-25-16(22)15(12-4-6-13(18)7-5-12)20-8-11(2)19(17(23)24)9-14(20)10-21/h4-7,11,14-15,21H,3,8-10H2,1-2H3,(H,23,24)/t11-,14-,15?/m0/s1. The fourth-order valence-corrected chi connectivity index (χ4v) is 3.14. The van der Waals surface area contributed by atoms with Crippen LogP contribution in [0.5, 0.6) is 0 Å². The molecule has 0 aliphatic carbocycles. The van der Waals surface area contributed by atoms with Gasteiger partial charge < -0.3 is 19.8 Å². The van der Waals surface area contributed by atoms with Crippen molar-refractivity contribution in [3.8, 4) is 0 Å². The molecule has 0 aromatic heterocycles. The predicted octanol–water partition coefficient (Wildman–Crippen LogP) is 1.47. The zero-order valence-electron chi connectivity index (χ0n) is 14.3. The van der Waals surface area contributed by atoms with E-state index in [0.29, 0.717) is 5.56 Å². The summed E-state index contributed by atoms with van der Waals surface area (Å²) in [4.78, 5) is 26.9. The summed E-state index contributed by atoms with van der Waals surface area (Å²) in [6.45, 7) is 3.62. The largest absolute Gasteiger partial charge is 0.465 e. The number of halogens is 1. The molecule has 25 heavy (non-hydrogen) atoms. The van der Waals surface area contributed by atoms with Crippen molar-refractivity contribution in [3.05, 3.63) is 35.6 Å². The van der Waals surface area contributed by atoms with Crippen molar-refractivity contribution in [1.82, 2.24) is 9.80 Å². The minimum absolute atomic E-state index is 0.0735. The van der Waals surface area contributed by atoms with E-state index in [1.165, 1.54) is 29.2 Å². The number of carboxylic acid groups (broad SMARTS) is 1. The van der Waals surface area contributed by atoms with Crippen LogP contribution in [0.3, 0.4) is 0 Å². The Labute approximate surface area is 145 Å². The molecular weight excluding hydrogens is 331 g/mol. The van der Waals surface area contributed by atoms with Gasteiger partial charge in [0, 0.05) is 19.1 Å². The van der Waals surface area contributed by atoms with E-state index < -0.39 is 30.0 Å². The van der Waals surface area contributed by atoms with Crippen molar-refractivity contribution in [2.24, 2.45) is 0 Å². The van der Waals surface area contributed by atoms with Crippen molar-refractivity contribution < 1.29 is 28.9 Å². The van der Waals surface area contributed by atoms with Gasteiger partial charge >= 0.3 is 12.1 Å². The van der Waals surface area contributed by atoms with Gasteiger partial charge in [-0.25, -0.2) is 14.0 Å². The summed E-state index contributed by atoms with van der Waals surface area (Å²) in [5.74, 6) is -0.933. The maximum Gasteiger partial charge on any atom is 0.407 e. The van der Waals surface area contributed by atoms with E-state index in [-0.39, 0.29) is 32.3 Å². The Balaban J connectivity index is 2.36. The molecule has 1 aromatic rings. The monoisotopic (exact) mass is 354 g/mol. The summed E-state index contributed by atoms with van der Waals surface area (Å²) in [5, 5.41) is 19.0. The fraction of sp³-hybridized carbons (Fsp3) is 0.529. The van der Waals surface area contributed by atoms with E-state index in [9.17, 15) is 24.2 Å². The first-order chi connectivity index (χ1) is 11.9. The zero-order chi connectivity index (χ0) is 18.6. The molecule has 7 nitrogen and oxygen atoms in total. The Bertz CT molecular complexity index is 610. The number of carbonyl (C=O) groups excluding carboxylic acids is 1. The minimum Gasteiger partial charge on any atom is -0.465 e. The third kappa shape index (κ3) is 4.26. The smallest absolute Gasteiger partial charge is 0.407 e. The number of hydrogen-bond donors (Lipinski definition) is 2. The van der Waals surface area contributed by atoms with Crippen molar-refractivity contribution in [2.45, 2.75) is 32.0 Å². The Hall–Kier alpha value is -2.19. The number of hydrogen-bond acceptors (Lipinski definition) is 5. The number of amides is 1. The summed E-state index contributed by atoms with van der Waals surface area (Å²) in [5.41, 5.74) is 0.536. The van der Waals surface area contributed by atoms with Gasteiger partial charge in [-0.05, 0) is 31.5 Å². The number of piperazine rings is 1. The predicted molar refractivity (Wildman–Crippen MR) is 87.5 cm³/mol. The Morgan fingerprint density at radius 1 is 1.32 bits per heavy atom. The molecule has 0 saturated carbocycles. The van der Waals surface area contributed by atoms with Crippen LogP contribution in [0.1, 0.15) is 25.5 Å². The molecule has 0 spiro atoms. The van der Waals surface area contributed by atoms with Crippen LogP contribution in [0.2, 0.25) is 0 Å². The van der Waals surface area contributed by atoms with Gasteiger partial charge in [-0.1, -0.05) is 12.1 Å². The molecule has 1 aromatic carbocycles.